The highest BCUT2D eigenvalue weighted by molar-refractivity contribution is 6.22. The van der Waals surface area contributed by atoms with Gasteiger partial charge in [-0.05, 0) is 38.1 Å². The molecule has 0 N–H and O–H groups in total. The van der Waals surface area contributed by atoms with Crippen LogP contribution >= 0.6 is 0 Å². The number of nitrogens with zero attached hydrogens (tertiary/aromatic N) is 2. The van der Waals surface area contributed by atoms with E-state index in [4.69, 9.17) is 4.74 Å². The van der Waals surface area contributed by atoms with Crippen LogP contribution in [-0.4, -0.2) is 47.8 Å². The third kappa shape index (κ3) is 3.51. The van der Waals surface area contributed by atoms with Crippen molar-refractivity contribution in [1.29, 1.82) is 0 Å². The van der Waals surface area contributed by atoms with E-state index in [-0.39, 0.29) is 11.1 Å². The lowest BCUT2D eigenvalue weighted by atomic mass is 10.1. The van der Waals surface area contributed by atoms with Gasteiger partial charge in [-0.2, -0.15) is 0 Å². The number of carbonyl (C=O) groups excluding carboxylic acids is 4. The van der Waals surface area contributed by atoms with Crippen molar-refractivity contribution < 1.29 is 23.9 Å². The lowest BCUT2D eigenvalue weighted by molar-refractivity contribution is -0.151. The van der Waals surface area contributed by atoms with Crippen LogP contribution in [0.2, 0.25) is 0 Å². The van der Waals surface area contributed by atoms with Crippen molar-refractivity contribution in [3.8, 4) is 0 Å². The minimum Gasteiger partial charge on any atom is -0.454 e. The monoisotopic (exact) mass is 380 g/mol. The Balaban J connectivity index is 1.64. The van der Waals surface area contributed by atoms with Gasteiger partial charge in [-0.3, -0.25) is 19.3 Å². The summed E-state index contributed by atoms with van der Waals surface area (Å²) in [7, 11) is 0. The van der Waals surface area contributed by atoms with E-state index in [1.54, 1.807) is 24.3 Å². The van der Waals surface area contributed by atoms with Crippen LogP contribution in [0.4, 0.5) is 5.69 Å². The van der Waals surface area contributed by atoms with Gasteiger partial charge in [-0.15, -0.1) is 0 Å². The molecule has 0 unspecified atom stereocenters. The number of amides is 3. The first-order valence-electron chi connectivity index (χ1n) is 8.94. The first kappa shape index (κ1) is 19.3. The Morgan fingerprint density at radius 2 is 1.50 bits per heavy atom. The summed E-state index contributed by atoms with van der Waals surface area (Å²) < 4.78 is 5.10. The van der Waals surface area contributed by atoms with Gasteiger partial charge in [0, 0.05) is 12.2 Å². The maximum absolute atomic E-state index is 12.5. The fourth-order valence-corrected chi connectivity index (χ4v) is 3.11. The number of rotatable bonds is 6. The summed E-state index contributed by atoms with van der Waals surface area (Å²) in [6, 6.07) is 14.3. The van der Waals surface area contributed by atoms with Crippen LogP contribution in [0.25, 0.3) is 0 Å². The van der Waals surface area contributed by atoms with Gasteiger partial charge in [0.25, 0.3) is 17.7 Å². The molecule has 0 fully saturated rings. The molecule has 2 aromatic carbocycles. The molecular weight excluding hydrogens is 360 g/mol. The third-order valence-corrected chi connectivity index (χ3v) is 4.58. The number of benzene rings is 2. The molecule has 7 nitrogen and oxygen atoms in total. The molecule has 0 radical (unpaired) electrons. The van der Waals surface area contributed by atoms with Crippen molar-refractivity contribution in [2.24, 2.45) is 0 Å². The van der Waals surface area contributed by atoms with Crippen LogP contribution < -0.4 is 4.90 Å². The van der Waals surface area contributed by atoms with Crippen molar-refractivity contribution >= 4 is 29.4 Å². The minimum atomic E-state index is -1.13. The van der Waals surface area contributed by atoms with Crippen molar-refractivity contribution in [1.82, 2.24) is 4.90 Å². The molecule has 1 heterocycles. The van der Waals surface area contributed by atoms with Gasteiger partial charge in [0.15, 0.2) is 6.61 Å². The number of hydrogen-bond acceptors (Lipinski definition) is 5. The molecule has 3 amide bonds. The first-order chi connectivity index (χ1) is 13.5. The lowest BCUT2D eigenvalue weighted by Gasteiger charge is -2.23. The van der Waals surface area contributed by atoms with Crippen LogP contribution in [0.3, 0.4) is 0 Å². The standard InChI is InChI=1S/C21H20N2O5/c1-3-22(15-9-5-4-6-10-15)18(24)13-28-21(27)14(2)23-19(25)16-11-7-8-12-17(16)20(23)26/h4-12,14H,3,13H2,1-2H3/t14-/m1/s1. The number of esters is 1. The summed E-state index contributed by atoms with van der Waals surface area (Å²) in [5.41, 5.74) is 1.20. The maximum Gasteiger partial charge on any atom is 0.329 e. The van der Waals surface area contributed by atoms with E-state index >= 15 is 0 Å². The topological polar surface area (TPSA) is 84.0 Å². The van der Waals surface area contributed by atoms with Gasteiger partial charge in [0.1, 0.15) is 6.04 Å². The summed E-state index contributed by atoms with van der Waals surface area (Å²) >= 11 is 0. The number of ether oxygens (including phenoxy) is 1. The van der Waals surface area contributed by atoms with Crippen molar-refractivity contribution in [3.05, 3.63) is 65.7 Å². The largest absolute Gasteiger partial charge is 0.454 e. The van der Waals surface area contributed by atoms with E-state index in [0.717, 1.165) is 4.90 Å². The molecule has 1 atom stereocenters. The van der Waals surface area contributed by atoms with Crippen molar-refractivity contribution in [2.75, 3.05) is 18.1 Å². The van der Waals surface area contributed by atoms with Crippen LogP contribution in [-0.2, 0) is 14.3 Å². The minimum absolute atomic E-state index is 0.254. The normalized spacial score (nSPS) is 13.9. The highest BCUT2D eigenvalue weighted by Crippen LogP contribution is 2.24. The number of para-hydroxylation sites is 1. The predicted molar refractivity (Wildman–Crippen MR) is 102 cm³/mol. The molecule has 28 heavy (non-hydrogen) atoms. The average molecular weight is 380 g/mol. The van der Waals surface area contributed by atoms with Crippen molar-refractivity contribution in [2.45, 2.75) is 19.9 Å². The number of likely N-dealkylation sites (N-methyl/N-ethyl adjacent to an activating group) is 1. The van der Waals surface area contributed by atoms with Gasteiger partial charge < -0.3 is 9.64 Å². The first-order valence-corrected chi connectivity index (χ1v) is 8.94. The SMILES string of the molecule is CCN(C(=O)COC(=O)[C@@H](C)N1C(=O)c2ccccc2C1=O)c1ccccc1. The predicted octanol–water partition coefficient (Wildman–Crippen LogP) is 2.27. The summed E-state index contributed by atoms with van der Waals surface area (Å²) in [6.07, 6.45) is 0. The zero-order valence-electron chi connectivity index (χ0n) is 15.6. The second-order valence-corrected chi connectivity index (χ2v) is 6.28. The summed E-state index contributed by atoms with van der Waals surface area (Å²) in [5, 5.41) is 0. The zero-order valence-corrected chi connectivity index (χ0v) is 15.6. The average Bonchev–Trinajstić information content (AvgIpc) is 2.97. The second-order valence-electron chi connectivity index (χ2n) is 6.28. The van der Waals surface area contributed by atoms with Gasteiger partial charge in [-0.25, -0.2) is 4.79 Å². The van der Waals surface area contributed by atoms with Gasteiger partial charge in [0.2, 0.25) is 0 Å². The van der Waals surface area contributed by atoms with E-state index in [9.17, 15) is 19.2 Å². The van der Waals surface area contributed by atoms with E-state index in [2.05, 4.69) is 0 Å². The number of hydrogen-bond donors (Lipinski definition) is 0. The third-order valence-electron chi connectivity index (χ3n) is 4.58. The maximum atomic E-state index is 12.5. The Hall–Kier alpha value is -3.48. The molecule has 1 aliphatic rings. The molecule has 2 aromatic rings. The molecular formula is C21H20N2O5. The molecule has 1 aliphatic heterocycles. The Bertz CT molecular complexity index is 890. The molecule has 0 aliphatic carbocycles. The molecule has 0 bridgehead atoms. The fourth-order valence-electron chi connectivity index (χ4n) is 3.11. The van der Waals surface area contributed by atoms with Crippen LogP contribution in [0.1, 0.15) is 34.6 Å². The Labute approximate surface area is 162 Å². The van der Waals surface area contributed by atoms with E-state index in [1.165, 1.54) is 24.0 Å². The van der Waals surface area contributed by atoms with Crippen molar-refractivity contribution in [3.63, 3.8) is 0 Å². The number of anilines is 1. The molecule has 0 spiro atoms. The van der Waals surface area contributed by atoms with Gasteiger partial charge >= 0.3 is 5.97 Å². The summed E-state index contributed by atoms with van der Waals surface area (Å²) in [4.78, 5) is 52.1. The smallest absolute Gasteiger partial charge is 0.329 e. The Morgan fingerprint density at radius 1 is 0.964 bits per heavy atom. The quantitative estimate of drug-likeness (QED) is 0.567. The second kappa shape index (κ2) is 8.04. The van der Waals surface area contributed by atoms with E-state index in [1.807, 2.05) is 25.1 Å². The summed E-state index contributed by atoms with van der Waals surface area (Å²) in [6.45, 7) is 3.15. The fraction of sp³-hybridized carbons (Fsp3) is 0.238. The van der Waals surface area contributed by atoms with E-state index in [0.29, 0.717) is 12.2 Å². The van der Waals surface area contributed by atoms with Gasteiger partial charge in [0.05, 0.1) is 11.1 Å². The highest BCUT2D eigenvalue weighted by Gasteiger charge is 2.41. The zero-order chi connectivity index (χ0) is 20.3. The van der Waals surface area contributed by atoms with Crippen LogP contribution in [0, 0.1) is 0 Å². The van der Waals surface area contributed by atoms with E-state index < -0.39 is 36.3 Å². The van der Waals surface area contributed by atoms with Gasteiger partial charge in [-0.1, -0.05) is 30.3 Å². The summed E-state index contributed by atoms with van der Waals surface area (Å²) in [5.74, 6) is -2.30. The Kier molecular flexibility index (Phi) is 5.54. The number of carbonyl (C=O) groups is 4. The number of fused-ring (bicyclic) bond motifs is 1. The molecule has 0 saturated carbocycles. The molecule has 0 saturated heterocycles. The molecule has 3 rings (SSSR count). The Morgan fingerprint density at radius 3 is 2.04 bits per heavy atom. The molecule has 7 heteroatoms. The number of imide groups is 1. The van der Waals surface area contributed by atoms with Crippen LogP contribution in [0.15, 0.2) is 54.6 Å². The molecule has 144 valence electrons. The van der Waals surface area contributed by atoms with Crippen LogP contribution in [0.5, 0.6) is 0 Å². The molecule has 0 aromatic heterocycles. The highest BCUT2D eigenvalue weighted by atomic mass is 16.5. The lowest BCUT2D eigenvalue weighted by Crippen LogP contribution is -2.44.